The molecule has 0 saturated heterocycles. The van der Waals surface area contributed by atoms with Gasteiger partial charge in [0, 0.05) is 36.8 Å². The normalized spacial score (nSPS) is 14.2. The highest BCUT2D eigenvalue weighted by Gasteiger charge is 2.19. The lowest BCUT2D eigenvalue weighted by Crippen LogP contribution is -2.39. The Hall–Kier alpha value is -2.19. The van der Waals surface area contributed by atoms with Gasteiger partial charge in [0.1, 0.15) is 5.84 Å². The molecule has 0 spiro atoms. The molecule has 3 rings (SSSR count). The van der Waals surface area contributed by atoms with Crippen LogP contribution in [0.5, 0.6) is 0 Å². The van der Waals surface area contributed by atoms with E-state index in [4.69, 9.17) is 5.73 Å². The Morgan fingerprint density at radius 3 is 2.96 bits per heavy atom. The van der Waals surface area contributed by atoms with E-state index in [9.17, 15) is 9.90 Å². The van der Waals surface area contributed by atoms with Crippen LogP contribution >= 0.6 is 23.1 Å². The highest BCUT2D eigenvalue weighted by Crippen LogP contribution is 2.37. The zero-order chi connectivity index (χ0) is 18.5. The van der Waals surface area contributed by atoms with Gasteiger partial charge in [0.25, 0.3) is 0 Å². The molecule has 0 radical (unpaired) electrons. The summed E-state index contributed by atoms with van der Waals surface area (Å²) in [6, 6.07) is 9.99. The van der Waals surface area contributed by atoms with Crippen LogP contribution in [0.2, 0.25) is 0 Å². The summed E-state index contributed by atoms with van der Waals surface area (Å²) in [6.45, 7) is 4.46. The minimum atomic E-state index is -0.868. The average Bonchev–Trinajstić information content (AvgIpc) is 3.16. The Kier molecular flexibility index (Phi) is 6.05. The third-order valence-electron chi connectivity index (χ3n) is 4.22. The number of fused-ring (bicyclic) bond motifs is 1. The number of benzene rings is 1. The maximum atomic E-state index is 11.2. The van der Waals surface area contributed by atoms with E-state index >= 15 is 0 Å². The van der Waals surface area contributed by atoms with Crippen LogP contribution in [-0.2, 0) is 0 Å². The number of nitrogens with zero attached hydrogens (tertiary/aromatic N) is 3. The van der Waals surface area contributed by atoms with Crippen LogP contribution in [0.15, 0.2) is 45.6 Å². The van der Waals surface area contributed by atoms with E-state index in [2.05, 4.69) is 22.0 Å². The first-order valence-corrected chi connectivity index (χ1v) is 10.3. The summed E-state index contributed by atoms with van der Waals surface area (Å²) in [4.78, 5) is 21.5. The number of anilines is 1. The Balaban J connectivity index is 1.75. The molecule has 1 aromatic carbocycles. The molecule has 1 aliphatic rings. The molecule has 6 nitrogen and oxygen atoms in total. The largest absolute Gasteiger partial charge is 0.465 e. The number of nitrogens with two attached hydrogens (primary N) is 1. The summed E-state index contributed by atoms with van der Waals surface area (Å²) >= 11 is 3.37. The average molecular weight is 391 g/mol. The number of amides is 1. The minimum absolute atomic E-state index is 0.500. The molecule has 2 heterocycles. The van der Waals surface area contributed by atoms with Crippen molar-refractivity contribution in [3.8, 4) is 0 Å². The molecular formula is C18H22N4O2S2. The quantitative estimate of drug-likeness (QED) is 0.581. The van der Waals surface area contributed by atoms with Gasteiger partial charge in [0.2, 0.25) is 0 Å². The Morgan fingerprint density at radius 2 is 2.27 bits per heavy atom. The highest BCUT2D eigenvalue weighted by atomic mass is 32.2. The molecule has 0 atom stereocenters. The number of hydrogen-bond acceptors (Lipinski definition) is 5. The van der Waals surface area contributed by atoms with Gasteiger partial charge in [-0.1, -0.05) is 6.07 Å². The topological polar surface area (TPSA) is 82.2 Å². The molecule has 1 amide bonds. The van der Waals surface area contributed by atoms with Crippen molar-refractivity contribution in [1.82, 2.24) is 4.90 Å². The highest BCUT2D eigenvalue weighted by molar-refractivity contribution is 7.99. The Bertz CT molecular complexity index is 792. The van der Waals surface area contributed by atoms with Crippen LogP contribution in [0.1, 0.15) is 11.8 Å². The second-order valence-corrected chi connectivity index (χ2v) is 7.91. The van der Waals surface area contributed by atoms with Gasteiger partial charge >= 0.3 is 6.09 Å². The molecule has 26 heavy (non-hydrogen) atoms. The van der Waals surface area contributed by atoms with Gasteiger partial charge in [-0.05, 0) is 36.6 Å². The zero-order valence-corrected chi connectivity index (χ0v) is 16.2. The van der Waals surface area contributed by atoms with E-state index in [1.165, 1.54) is 4.90 Å². The smallest absolute Gasteiger partial charge is 0.407 e. The molecule has 0 fully saturated rings. The van der Waals surface area contributed by atoms with Crippen molar-refractivity contribution in [2.45, 2.75) is 11.8 Å². The number of aliphatic imine (C=N–C) groups is 1. The van der Waals surface area contributed by atoms with E-state index in [0.29, 0.717) is 25.5 Å². The van der Waals surface area contributed by atoms with E-state index in [0.717, 1.165) is 33.4 Å². The number of rotatable bonds is 6. The summed E-state index contributed by atoms with van der Waals surface area (Å²) in [5.74, 6) is 1.50. The predicted octanol–water partition coefficient (Wildman–Crippen LogP) is 3.70. The predicted molar refractivity (Wildman–Crippen MR) is 109 cm³/mol. The molecule has 0 aliphatic carbocycles. The van der Waals surface area contributed by atoms with E-state index in [1.54, 1.807) is 23.1 Å². The fourth-order valence-corrected chi connectivity index (χ4v) is 4.52. The lowest BCUT2D eigenvalue weighted by atomic mass is 10.2. The molecule has 2 aromatic rings. The molecule has 0 bridgehead atoms. The summed E-state index contributed by atoms with van der Waals surface area (Å²) < 4.78 is 0. The fourth-order valence-electron chi connectivity index (χ4n) is 2.82. The van der Waals surface area contributed by atoms with Crippen LogP contribution in [0.4, 0.5) is 16.2 Å². The van der Waals surface area contributed by atoms with Crippen molar-refractivity contribution in [1.29, 1.82) is 0 Å². The molecule has 0 saturated carbocycles. The van der Waals surface area contributed by atoms with Crippen molar-refractivity contribution in [3.63, 3.8) is 0 Å². The lowest BCUT2D eigenvalue weighted by Gasteiger charge is -2.32. The standard InChI is InChI=1S/C18H22N4O2S2/c1-2-21(18(23)24)7-8-22-9-11-26-16-12-13(5-6-14(16)22)20-17(19)15-4-3-10-25-15/h3-6,10,12H,2,7-9,11H2,1H3,(H2,19,20)(H,23,24). The molecule has 8 heteroatoms. The van der Waals surface area contributed by atoms with Gasteiger partial charge in [0.05, 0.1) is 16.3 Å². The first kappa shape index (κ1) is 18.6. The van der Waals surface area contributed by atoms with Gasteiger partial charge in [-0.3, -0.25) is 0 Å². The lowest BCUT2D eigenvalue weighted by molar-refractivity contribution is 0.149. The first-order valence-electron chi connectivity index (χ1n) is 8.46. The summed E-state index contributed by atoms with van der Waals surface area (Å²) in [6.07, 6.45) is -0.868. The van der Waals surface area contributed by atoms with Crippen molar-refractivity contribution in [3.05, 3.63) is 40.6 Å². The van der Waals surface area contributed by atoms with Crippen LogP contribution in [0, 0.1) is 0 Å². The zero-order valence-electron chi connectivity index (χ0n) is 14.6. The van der Waals surface area contributed by atoms with E-state index in [-0.39, 0.29) is 0 Å². The fraction of sp³-hybridized carbons (Fsp3) is 0.333. The second kappa shape index (κ2) is 8.46. The van der Waals surface area contributed by atoms with E-state index < -0.39 is 6.09 Å². The first-order chi connectivity index (χ1) is 12.6. The molecular weight excluding hydrogens is 368 g/mol. The van der Waals surface area contributed by atoms with Crippen molar-refractivity contribution in [2.75, 3.05) is 36.8 Å². The van der Waals surface area contributed by atoms with Crippen LogP contribution in [-0.4, -0.2) is 53.9 Å². The van der Waals surface area contributed by atoms with Crippen LogP contribution in [0.25, 0.3) is 0 Å². The number of thiophene rings is 1. The Labute approximate surface area is 161 Å². The summed E-state index contributed by atoms with van der Waals surface area (Å²) in [5.41, 5.74) is 8.05. The second-order valence-electron chi connectivity index (χ2n) is 5.82. The number of carboxylic acid groups (broad SMARTS) is 1. The monoisotopic (exact) mass is 390 g/mol. The number of carbonyl (C=O) groups is 1. The SMILES string of the molecule is CCN(CCN1CCSc2cc(N=C(N)c3cccs3)ccc21)C(=O)O. The number of thioether (sulfide) groups is 1. The molecule has 1 aromatic heterocycles. The maximum Gasteiger partial charge on any atom is 0.407 e. The van der Waals surface area contributed by atoms with Gasteiger partial charge in [-0.25, -0.2) is 9.79 Å². The van der Waals surface area contributed by atoms with Gasteiger partial charge in [-0.15, -0.1) is 23.1 Å². The number of amidine groups is 1. The maximum absolute atomic E-state index is 11.2. The van der Waals surface area contributed by atoms with Gasteiger partial charge in [-0.2, -0.15) is 0 Å². The Morgan fingerprint density at radius 1 is 1.42 bits per heavy atom. The molecule has 3 N–H and O–H groups in total. The molecule has 0 unspecified atom stereocenters. The van der Waals surface area contributed by atoms with Crippen molar-refractivity contribution >= 4 is 46.4 Å². The van der Waals surface area contributed by atoms with Crippen molar-refractivity contribution < 1.29 is 9.90 Å². The van der Waals surface area contributed by atoms with Gasteiger partial charge in [0.15, 0.2) is 0 Å². The summed E-state index contributed by atoms with van der Waals surface area (Å²) in [5, 5.41) is 11.2. The minimum Gasteiger partial charge on any atom is -0.465 e. The molecule has 138 valence electrons. The number of likely N-dealkylation sites (N-methyl/N-ethyl adjacent to an activating group) is 1. The van der Waals surface area contributed by atoms with Crippen molar-refractivity contribution in [2.24, 2.45) is 10.7 Å². The van der Waals surface area contributed by atoms with Crippen LogP contribution in [0.3, 0.4) is 0 Å². The number of hydrogen-bond donors (Lipinski definition) is 2. The third-order valence-corrected chi connectivity index (χ3v) is 6.14. The van der Waals surface area contributed by atoms with Crippen LogP contribution < -0.4 is 10.6 Å². The summed E-state index contributed by atoms with van der Waals surface area (Å²) in [7, 11) is 0. The third kappa shape index (κ3) is 4.31. The van der Waals surface area contributed by atoms with E-state index in [1.807, 2.05) is 30.5 Å². The van der Waals surface area contributed by atoms with Gasteiger partial charge < -0.3 is 20.6 Å². The molecule has 1 aliphatic heterocycles.